The zero-order chi connectivity index (χ0) is 15.4. The zero-order valence-electron chi connectivity index (χ0n) is 12.0. The summed E-state index contributed by atoms with van der Waals surface area (Å²) in [6, 6.07) is 3.14. The van der Waals surface area contributed by atoms with E-state index in [1.165, 1.54) is 23.7 Å². The Morgan fingerprint density at radius 3 is 2.82 bits per heavy atom. The first-order valence-electron chi connectivity index (χ1n) is 7.08. The first kappa shape index (κ1) is 14.3. The molecule has 0 bridgehead atoms. The van der Waals surface area contributed by atoms with Gasteiger partial charge >= 0.3 is 6.03 Å². The molecule has 0 spiro atoms. The lowest BCUT2D eigenvalue weighted by Gasteiger charge is -2.31. The fraction of sp³-hybridized carbons (Fsp3) is 0.357. The van der Waals surface area contributed by atoms with E-state index in [4.69, 9.17) is 4.42 Å². The van der Waals surface area contributed by atoms with Gasteiger partial charge in [0, 0.05) is 26.2 Å². The maximum atomic E-state index is 12.7. The number of aromatic nitrogens is 2. The molecular weight excluding hydrogens is 286 g/mol. The number of H-pyrrole nitrogens is 1. The molecule has 0 aliphatic carbocycles. The first-order chi connectivity index (χ1) is 10.8. The lowest BCUT2D eigenvalue weighted by atomic mass is 10.3. The van der Waals surface area contributed by atoms with Gasteiger partial charge in [0.1, 0.15) is 11.5 Å². The number of imidazole rings is 1. The maximum Gasteiger partial charge on any atom is 0.327 e. The van der Waals surface area contributed by atoms with Crippen LogP contribution in [0.25, 0.3) is 0 Å². The molecule has 0 unspecified atom stereocenters. The second kappa shape index (κ2) is 6.44. The van der Waals surface area contributed by atoms with Gasteiger partial charge in [-0.3, -0.25) is 9.69 Å². The van der Waals surface area contributed by atoms with Crippen LogP contribution in [0.2, 0.25) is 0 Å². The van der Waals surface area contributed by atoms with E-state index in [0.29, 0.717) is 18.8 Å². The Balaban J connectivity index is 1.81. The van der Waals surface area contributed by atoms with Crippen LogP contribution in [0, 0.1) is 0 Å². The Labute approximate surface area is 127 Å². The van der Waals surface area contributed by atoms with Gasteiger partial charge in [0.15, 0.2) is 0 Å². The molecule has 3 rings (SSSR count). The molecule has 1 aliphatic heterocycles. The molecule has 1 aliphatic rings. The van der Waals surface area contributed by atoms with Gasteiger partial charge in [-0.15, -0.1) is 0 Å². The number of hydrogen-bond donors (Lipinski definition) is 2. The lowest BCUT2D eigenvalue weighted by Crippen LogP contribution is -2.52. The molecule has 0 radical (unpaired) electrons. The van der Waals surface area contributed by atoms with E-state index in [9.17, 15) is 9.59 Å². The van der Waals surface area contributed by atoms with E-state index >= 15 is 0 Å². The Morgan fingerprint density at radius 1 is 1.36 bits per heavy atom. The summed E-state index contributed by atoms with van der Waals surface area (Å²) in [6.07, 6.45) is 4.33. The minimum Gasteiger partial charge on any atom is -0.467 e. The summed E-state index contributed by atoms with van der Waals surface area (Å²) in [6.45, 7) is 2.68. The number of urea groups is 1. The molecule has 1 fully saturated rings. The van der Waals surface area contributed by atoms with Gasteiger partial charge in [-0.2, -0.15) is 0 Å². The number of furan rings is 1. The fourth-order valence-corrected chi connectivity index (χ4v) is 2.33. The quantitative estimate of drug-likeness (QED) is 0.869. The minimum atomic E-state index is -0.419. The summed E-state index contributed by atoms with van der Waals surface area (Å²) < 4.78 is 5.27. The number of imide groups is 1. The molecule has 8 nitrogen and oxygen atoms in total. The van der Waals surface area contributed by atoms with Gasteiger partial charge in [-0.1, -0.05) is 0 Å². The molecule has 3 amide bonds. The summed E-state index contributed by atoms with van der Waals surface area (Å²) in [5.74, 6) is 0.133. The average molecular weight is 303 g/mol. The normalized spacial score (nSPS) is 14.8. The van der Waals surface area contributed by atoms with Crippen LogP contribution in [0.4, 0.5) is 4.79 Å². The van der Waals surface area contributed by atoms with E-state index in [0.717, 1.165) is 13.1 Å². The maximum absolute atomic E-state index is 12.7. The van der Waals surface area contributed by atoms with Gasteiger partial charge in [0.05, 0.1) is 25.3 Å². The third-order valence-electron chi connectivity index (χ3n) is 3.49. The highest BCUT2D eigenvalue weighted by atomic mass is 16.3. The first-order valence-corrected chi connectivity index (χ1v) is 7.08. The number of nitrogens with one attached hydrogen (secondary N) is 2. The Kier molecular flexibility index (Phi) is 4.19. The standard InChI is InChI=1S/C14H17N5O3/c20-13(12-8-16-10-17-12)19(9-11-2-1-7-22-11)14(21)18-5-3-15-4-6-18/h1-2,7-8,10,15H,3-6,9H2,(H,16,17). The van der Waals surface area contributed by atoms with Gasteiger partial charge in [0.25, 0.3) is 5.91 Å². The van der Waals surface area contributed by atoms with Gasteiger partial charge in [-0.25, -0.2) is 9.78 Å². The molecule has 22 heavy (non-hydrogen) atoms. The summed E-state index contributed by atoms with van der Waals surface area (Å²) in [7, 11) is 0. The largest absolute Gasteiger partial charge is 0.467 e. The van der Waals surface area contributed by atoms with E-state index in [1.807, 2.05) is 0 Å². The van der Waals surface area contributed by atoms with E-state index in [1.54, 1.807) is 17.0 Å². The molecule has 0 saturated carbocycles. The van der Waals surface area contributed by atoms with Gasteiger partial charge < -0.3 is 19.6 Å². The lowest BCUT2D eigenvalue weighted by molar-refractivity contribution is 0.0724. The van der Waals surface area contributed by atoms with Gasteiger partial charge in [-0.05, 0) is 12.1 Å². The number of carbonyl (C=O) groups is 2. The van der Waals surface area contributed by atoms with Crippen LogP contribution in [0.1, 0.15) is 16.2 Å². The molecule has 1 saturated heterocycles. The van der Waals surface area contributed by atoms with E-state index in [-0.39, 0.29) is 18.3 Å². The number of rotatable bonds is 3. The average Bonchev–Trinajstić information content (AvgIpc) is 3.25. The molecule has 2 aromatic heterocycles. The third kappa shape index (κ3) is 3.01. The highest BCUT2D eigenvalue weighted by Crippen LogP contribution is 2.12. The van der Waals surface area contributed by atoms with Crippen molar-refractivity contribution in [2.24, 2.45) is 0 Å². The summed E-state index contributed by atoms with van der Waals surface area (Å²) in [4.78, 5) is 34.7. The highest BCUT2D eigenvalue weighted by Gasteiger charge is 2.29. The predicted molar refractivity (Wildman–Crippen MR) is 77.0 cm³/mol. The Morgan fingerprint density at radius 2 is 2.18 bits per heavy atom. The van der Waals surface area contributed by atoms with Crippen molar-refractivity contribution in [2.75, 3.05) is 26.2 Å². The summed E-state index contributed by atoms with van der Waals surface area (Å²) in [5, 5.41) is 3.18. The molecule has 0 atom stereocenters. The topological polar surface area (TPSA) is 94.5 Å². The van der Waals surface area contributed by atoms with Crippen molar-refractivity contribution in [1.29, 1.82) is 0 Å². The smallest absolute Gasteiger partial charge is 0.327 e. The summed E-state index contributed by atoms with van der Waals surface area (Å²) >= 11 is 0. The van der Waals surface area contributed by atoms with Crippen molar-refractivity contribution in [3.63, 3.8) is 0 Å². The molecule has 116 valence electrons. The fourth-order valence-electron chi connectivity index (χ4n) is 2.33. The van der Waals surface area contributed by atoms with E-state index in [2.05, 4.69) is 15.3 Å². The number of carbonyl (C=O) groups excluding carboxylic acids is 2. The molecular formula is C14H17N5O3. The van der Waals surface area contributed by atoms with Crippen LogP contribution in [0.3, 0.4) is 0 Å². The van der Waals surface area contributed by atoms with Crippen molar-refractivity contribution >= 4 is 11.9 Å². The van der Waals surface area contributed by atoms with Crippen molar-refractivity contribution in [2.45, 2.75) is 6.54 Å². The monoisotopic (exact) mass is 303 g/mol. The SMILES string of the molecule is O=C(c1cnc[nH]1)N(Cc1ccco1)C(=O)N1CCNCC1. The molecule has 3 heterocycles. The predicted octanol–water partition coefficient (Wildman–Crippen LogP) is 0.670. The third-order valence-corrected chi connectivity index (χ3v) is 3.49. The second-order valence-corrected chi connectivity index (χ2v) is 4.96. The van der Waals surface area contributed by atoms with Crippen molar-refractivity contribution < 1.29 is 14.0 Å². The minimum absolute atomic E-state index is 0.0909. The van der Waals surface area contributed by atoms with Crippen LogP contribution in [0.5, 0.6) is 0 Å². The number of aromatic amines is 1. The molecule has 8 heteroatoms. The number of hydrogen-bond acceptors (Lipinski definition) is 5. The second-order valence-electron chi connectivity index (χ2n) is 4.96. The highest BCUT2D eigenvalue weighted by molar-refractivity contribution is 6.02. The Hall–Kier alpha value is -2.61. The van der Waals surface area contributed by atoms with Crippen LogP contribution in [0.15, 0.2) is 35.3 Å². The number of piperazine rings is 1. The van der Waals surface area contributed by atoms with Crippen LogP contribution in [-0.4, -0.2) is 57.9 Å². The van der Waals surface area contributed by atoms with Crippen LogP contribution in [-0.2, 0) is 6.54 Å². The van der Waals surface area contributed by atoms with E-state index < -0.39 is 5.91 Å². The molecule has 2 aromatic rings. The van der Waals surface area contributed by atoms with Crippen LogP contribution >= 0.6 is 0 Å². The number of amides is 3. The molecule has 0 aromatic carbocycles. The van der Waals surface area contributed by atoms with Crippen molar-refractivity contribution in [1.82, 2.24) is 25.1 Å². The number of nitrogens with zero attached hydrogens (tertiary/aromatic N) is 3. The summed E-state index contributed by atoms with van der Waals surface area (Å²) in [5.41, 5.74) is 0.273. The molecule has 2 N–H and O–H groups in total. The van der Waals surface area contributed by atoms with Crippen LogP contribution < -0.4 is 5.32 Å². The van der Waals surface area contributed by atoms with Crippen molar-refractivity contribution in [3.8, 4) is 0 Å². The van der Waals surface area contributed by atoms with Crippen molar-refractivity contribution in [3.05, 3.63) is 42.4 Å². The zero-order valence-corrected chi connectivity index (χ0v) is 12.0. The van der Waals surface area contributed by atoms with Gasteiger partial charge in [0.2, 0.25) is 0 Å². The Bertz CT molecular complexity index is 617.